The molecule has 0 aliphatic carbocycles. The quantitative estimate of drug-likeness (QED) is 0.912. The van der Waals surface area contributed by atoms with Gasteiger partial charge in [-0.1, -0.05) is 12.1 Å². The highest BCUT2D eigenvalue weighted by Crippen LogP contribution is 2.23. The van der Waals surface area contributed by atoms with E-state index in [0.29, 0.717) is 5.56 Å². The van der Waals surface area contributed by atoms with Crippen LogP contribution in [0.15, 0.2) is 42.6 Å². The minimum absolute atomic E-state index is 0.0197. The molecule has 0 fully saturated rings. The first-order valence-corrected chi connectivity index (χ1v) is 6.07. The molecule has 0 saturated heterocycles. The van der Waals surface area contributed by atoms with E-state index in [2.05, 4.69) is 11.1 Å². The first-order valence-electron chi connectivity index (χ1n) is 6.07. The zero-order chi connectivity index (χ0) is 13.8. The summed E-state index contributed by atoms with van der Waals surface area (Å²) in [5.41, 5.74) is 8.37. The van der Waals surface area contributed by atoms with Crippen LogP contribution in [0.2, 0.25) is 0 Å². The highest BCUT2D eigenvalue weighted by molar-refractivity contribution is 5.61. The Morgan fingerprint density at radius 3 is 2.68 bits per heavy atom. The smallest absolute Gasteiger partial charge is 0.132 e. The minimum atomic E-state index is -0.0197. The average Bonchev–Trinajstić information content (AvgIpc) is 2.46. The monoisotopic (exact) mass is 252 g/mol. The van der Waals surface area contributed by atoms with Gasteiger partial charge in [-0.25, -0.2) is 4.98 Å². The number of aromatic nitrogens is 1. The Kier molecular flexibility index (Phi) is 3.79. The zero-order valence-electron chi connectivity index (χ0n) is 11.0. The van der Waals surface area contributed by atoms with Crippen molar-refractivity contribution >= 4 is 11.5 Å². The van der Waals surface area contributed by atoms with Gasteiger partial charge in [0.2, 0.25) is 0 Å². The Hall–Kier alpha value is -2.38. The van der Waals surface area contributed by atoms with E-state index in [4.69, 9.17) is 11.0 Å². The highest BCUT2D eigenvalue weighted by atomic mass is 15.2. The van der Waals surface area contributed by atoms with Gasteiger partial charge in [0.15, 0.2) is 0 Å². The van der Waals surface area contributed by atoms with Gasteiger partial charge in [0, 0.05) is 25.0 Å². The second-order valence-corrected chi connectivity index (χ2v) is 4.46. The molecule has 0 spiro atoms. The maximum atomic E-state index is 8.91. The van der Waals surface area contributed by atoms with Crippen LogP contribution in [0.25, 0.3) is 0 Å². The fraction of sp³-hybridized carbons (Fsp3) is 0.200. The Bertz CT molecular complexity index is 596. The van der Waals surface area contributed by atoms with Crippen LogP contribution in [-0.4, -0.2) is 12.0 Å². The Balaban J connectivity index is 2.28. The molecule has 1 atom stereocenters. The van der Waals surface area contributed by atoms with E-state index in [0.717, 1.165) is 17.1 Å². The van der Waals surface area contributed by atoms with Crippen LogP contribution in [0, 0.1) is 11.3 Å². The fourth-order valence-electron chi connectivity index (χ4n) is 1.78. The molecule has 1 aromatic heterocycles. The van der Waals surface area contributed by atoms with E-state index >= 15 is 0 Å². The number of pyridine rings is 1. The van der Waals surface area contributed by atoms with Crippen molar-refractivity contribution in [2.24, 2.45) is 5.73 Å². The fourth-order valence-corrected chi connectivity index (χ4v) is 1.78. The third kappa shape index (κ3) is 2.90. The van der Waals surface area contributed by atoms with E-state index in [-0.39, 0.29) is 6.04 Å². The van der Waals surface area contributed by atoms with Gasteiger partial charge in [-0.15, -0.1) is 0 Å². The maximum absolute atomic E-state index is 8.91. The number of nitrogens with zero attached hydrogens (tertiary/aromatic N) is 3. The summed E-state index contributed by atoms with van der Waals surface area (Å²) in [6.07, 6.45) is 1.78. The summed E-state index contributed by atoms with van der Waals surface area (Å²) in [6, 6.07) is 13.4. The number of hydrogen-bond acceptors (Lipinski definition) is 4. The molecule has 0 saturated carbocycles. The normalized spacial score (nSPS) is 11.7. The molecule has 2 rings (SSSR count). The van der Waals surface area contributed by atoms with Gasteiger partial charge in [-0.3, -0.25) is 0 Å². The molecule has 4 heteroatoms. The molecule has 96 valence electrons. The number of rotatable bonds is 3. The van der Waals surface area contributed by atoms with E-state index in [9.17, 15) is 0 Å². The van der Waals surface area contributed by atoms with Gasteiger partial charge < -0.3 is 10.6 Å². The van der Waals surface area contributed by atoms with Crippen molar-refractivity contribution < 1.29 is 0 Å². The molecule has 1 heterocycles. The van der Waals surface area contributed by atoms with Crippen molar-refractivity contribution in [1.82, 2.24) is 4.98 Å². The second-order valence-electron chi connectivity index (χ2n) is 4.46. The lowest BCUT2D eigenvalue weighted by Crippen LogP contribution is -2.12. The van der Waals surface area contributed by atoms with E-state index in [1.807, 2.05) is 49.2 Å². The van der Waals surface area contributed by atoms with Crippen LogP contribution in [0.1, 0.15) is 24.1 Å². The SMILES string of the molecule is C[C@H](N)c1ccc(N(C)c2cccc(C#N)c2)nc1. The summed E-state index contributed by atoms with van der Waals surface area (Å²) in [4.78, 5) is 6.33. The Morgan fingerprint density at radius 2 is 2.11 bits per heavy atom. The highest BCUT2D eigenvalue weighted by Gasteiger charge is 2.07. The van der Waals surface area contributed by atoms with Gasteiger partial charge in [-0.2, -0.15) is 5.26 Å². The molecule has 4 nitrogen and oxygen atoms in total. The molecule has 0 radical (unpaired) electrons. The summed E-state index contributed by atoms with van der Waals surface area (Å²) >= 11 is 0. The molecule has 0 amide bonds. The van der Waals surface area contributed by atoms with Crippen molar-refractivity contribution in [3.8, 4) is 6.07 Å². The predicted octanol–water partition coefficient (Wildman–Crippen LogP) is 2.74. The summed E-state index contributed by atoms with van der Waals surface area (Å²) in [5.74, 6) is 0.819. The Labute approximate surface area is 113 Å². The van der Waals surface area contributed by atoms with Gasteiger partial charge in [0.25, 0.3) is 0 Å². The summed E-state index contributed by atoms with van der Waals surface area (Å²) in [5, 5.41) is 8.91. The predicted molar refractivity (Wildman–Crippen MR) is 76.1 cm³/mol. The molecule has 0 bridgehead atoms. The lowest BCUT2D eigenvalue weighted by atomic mass is 10.1. The van der Waals surface area contributed by atoms with Gasteiger partial charge in [-0.05, 0) is 36.8 Å². The molecule has 19 heavy (non-hydrogen) atoms. The number of nitriles is 1. The van der Waals surface area contributed by atoms with Crippen molar-refractivity contribution in [3.63, 3.8) is 0 Å². The van der Waals surface area contributed by atoms with Gasteiger partial charge >= 0.3 is 0 Å². The number of nitrogens with two attached hydrogens (primary N) is 1. The molecular formula is C15H16N4. The van der Waals surface area contributed by atoms with Crippen LogP contribution in [-0.2, 0) is 0 Å². The number of benzene rings is 1. The molecule has 2 aromatic rings. The summed E-state index contributed by atoms with van der Waals surface area (Å²) < 4.78 is 0. The van der Waals surface area contributed by atoms with Crippen LogP contribution >= 0.6 is 0 Å². The van der Waals surface area contributed by atoms with E-state index < -0.39 is 0 Å². The lowest BCUT2D eigenvalue weighted by molar-refractivity contribution is 0.811. The number of hydrogen-bond donors (Lipinski definition) is 1. The van der Waals surface area contributed by atoms with Crippen LogP contribution < -0.4 is 10.6 Å². The topological polar surface area (TPSA) is 65.9 Å². The minimum Gasteiger partial charge on any atom is -0.329 e. The molecular weight excluding hydrogens is 236 g/mol. The zero-order valence-corrected chi connectivity index (χ0v) is 11.0. The number of anilines is 2. The largest absolute Gasteiger partial charge is 0.329 e. The molecule has 0 aliphatic rings. The van der Waals surface area contributed by atoms with Crippen molar-refractivity contribution in [2.45, 2.75) is 13.0 Å². The maximum Gasteiger partial charge on any atom is 0.132 e. The molecule has 0 aliphatic heterocycles. The molecule has 2 N–H and O–H groups in total. The van der Waals surface area contributed by atoms with E-state index in [1.54, 1.807) is 12.3 Å². The van der Waals surface area contributed by atoms with Gasteiger partial charge in [0.1, 0.15) is 5.82 Å². The van der Waals surface area contributed by atoms with Crippen LogP contribution in [0.5, 0.6) is 0 Å². The molecule has 1 aromatic carbocycles. The first-order chi connectivity index (χ1) is 9.11. The van der Waals surface area contributed by atoms with Crippen molar-refractivity contribution in [1.29, 1.82) is 5.26 Å². The first kappa shape index (κ1) is 13.1. The van der Waals surface area contributed by atoms with Crippen molar-refractivity contribution in [2.75, 3.05) is 11.9 Å². The third-order valence-electron chi connectivity index (χ3n) is 3.00. The third-order valence-corrected chi connectivity index (χ3v) is 3.00. The van der Waals surface area contributed by atoms with Crippen molar-refractivity contribution in [3.05, 3.63) is 53.7 Å². The lowest BCUT2D eigenvalue weighted by Gasteiger charge is -2.19. The average molecular weight is 252 g/mol. The summed E-state index contributed by atoms with van der Waals surface area (Å²) in [7, 11) is 1.92. The van der Waals surface area contributed by atoms with Crippen LogP contribution in [0.4, 0.5) is 11.5 Å². The standard InChI is InChI=1S/C15H16N4/c1-11(17)13-6-7-15(18-10-13)19(2)14-5-3-4-12(8-14)9-16/h3-8,10-11H,17H2,1-2H3/t11-/m0/s1. The summed E-state index contributed by atoms with van der Waals surface area (Å²) in [6.45, 7) is 1.93. The Morgan fingerprint density at radius 1 is 1.32 bits per heavy atom. The van der Waals surface area contributed by atoms with Gasteiger partial charge in [0.05, 0.1) is 11.6 Å². The van der Waals surface area contributed by atoms with E-state index in [1.165, 1.54) is 0 Å². The van der Waals surface area contributed by atoms with Crippen LogP contribution in [0.3, 0.4) is 0 Å². The second kappa shape index (κ2) is 5.51. The molecule has 0 unspecified atom stereocenters.